The van der Waals surface area contributed by atoms with Crippen molar-refractivity contribution in [2.24, 2.45) is 0 Å². The van der Waals surface area contributed by atoms with Crippen LogP contribution in [0.5, 0.6) is 11.5 Å². The summed E-state index contributed by atoms with van der Waals surface area (Å²) in [5, 5.41) is 3.74. The summed E-state index contributed by atoms with van der Waals surface area (Å²) in [7, 11) is 0. The van der Waals surface area contributed by atoms with Crippen molar-refractivity contribution >= 4 is 66.1 Å². The lowest BCUT2D eigenvalue weighted by Crippen LogP contribution is -2.09. The normalized spacial score (nSPS) is 12.2. The lowest BCUT2D eigenvalue weighted by atomic mass is 9.88. The van der Waals surface area contributed by atoms with Crippen LogP contribution in [0.1, 0.15) is 107 Å². The highest BCUT2D eigenvalue weighted by atomic mass is 16.5. The Labute approximate surface area is 477 Å². The first-order chi connectivity index (χ1) is 39.8. The van der Waals surface area contributed by atoms with Gasteiger partial charge in [-0.25, -0.2) is 15.0 Å². The number of hydrogen-bond acceptors (Lipinski definition) is 6. The number of imidazole rings is 2. The molecule has 8 nitrogen and oxygen atoms in total. The minimum Gasteiger partial charge on any atom is -0.457 e. The molecule has 5 aromatic heterocycles. The van der Waals surface area contributed by atoms with Crippen molar-refractivity contribution in [3.05, 3.63) is 222 Å². The average molecular weight is 1070 g/mol. The Morgan fingerprint density at radius 1 is 0.378 bits per heavy atom. The summed E-state index contributed by atoms with van der Waals surface area (Å²) in [5.41, 5.74) is 21.3. The number of pyridine rings is 1. The second-order valence-electron chi connectivity index (χ2n) is 23.2. The van der Waals surface area contributed by atoms with Crippen molar-refractivity contribution < 1.29 is 13.6 Å². The van der Waals surface area contributed by atoms with Gasteiger partial charge in [0, 0.05) is 38.9 Å². The van der Waals surface area contributed by atoms with Crippen molar-refractivity contribution in [3.8, 4) is 67.9 Å². The Bertz CT molecular complexity index is 4740. The van der Waals surface area contributed by atoms with Gasteiger partial charge < -0.3 is 13.6 Å². The number of hydrogen-bond donors (Lipinski definition) is 0. The monoisotopic (exact) mass is 1070 g/mol. The van der Waals surface area contributed by atoms with Crippen LogP contribution in [0, 0.1) is 6.92 Å². The maximum Gasteiger partial charge on any atom is 0.227 e. The van der Waals surface area contributed by atoms with Crippen molar-refractivity contribution in [3.63, 3.8) is 0 Å². The van der Waals surface area contributed by atoms with E-state index < -0.39 is 0 Å². The van der Waals surface area contributed by atoms with E-state index in [4.69, 9.17) is 28.5 Å². The van der Waals surface area contributed by atoms with Crippen molar-refractivity contribution in [2.75, 3.05) is 0 Å². The number of rotatable bonds is 12. The Morgan fingerprint density at radius 3 is 1.45 bits per heavy atom. The van der Waals surface area contributed by atoms with E-state index in [0.717, 1.165) is 77.8 Å². The Morgan fingerprint density at radius 2 is 0.878 bits per heavy atom. The van der Waals surface area contributed by atoms with Gasteiger partial charge in [-0.3, -0.25) is 9.13 Å². The van der Waals surface area contributed by atoms with Gasteiger partial charge in [-0.2, -0.15) is 0 Å². The van der Waals surface area contributed by atoms with Gasteiger partial charge >= 0.3 is 0 Å². The molecule has 0 aliphatic carbocycles. The fourth-order valence-electron chi connectivity index (χ4n) is 12.3. The molecule has 0 spiro atoms. The Balaban J connectivity index is 0.988. The smallest absolute Gasteiger partial charge is 0.227 e. The first-order valence-electron chi connectivity index (χ1n) is 28.8. The van der Waals surface area contributed by atoms with Crippen molar-refractivity contribution in [1.29, 1.82) is 0 Å². The van der Waals surface area contributed by atoms with Gasteiger partial charge in [0.1, 0.15) is 39.9 Å². The molecule has 0 fully saturated rings. The van der Waals surface area contributed by atoms with Crippen LogP contribution in [0.4, 0.5) is 0 Å². The van der Waals surface area contributed by atoms with Gasteiger partial charge in [0.2, 0.25) is 5.71 Å². The van der Waals surface area contributed by atoms with E-state index in [-0.39, 0.29) is 23.7 Å². The summed E-state index contributed by atoms with van der Waals surface area (Å²) in [6.07, 6.45) is 0. The van der Waals surface area contributed by atoms with E-state index in [1.54, 1.807) is 0 Å². The summed E-state index contributed by atoms with van der Waals surface area (Å²) >= 11 is 0. The number of aryl methyl sites for hydroxylation is 1. The van der Waals surface area contributed by atoms with E-state index in [1.807, 2.05) is 25.1 Å². The number of furan rings is 2. The van der Waals surface area contributed by atoms with Crippen LogP contribution in [0.25, 0.3) is 122 Å². The maximum atomic E-state index is 7.26. The molecule has 8 heteroatoms. The SMILES string of the molecule is Cc1ccc2c(n1)oc1cc3oc4c(-c5nc6ccccc6n5-c5c(C(C)C)cc(-c6ccccc6)cc5C(C)C)cc(Oc5cccc(-c6nc7ccccc7n6-c6c(C(C)C)cc(-c7ccccc7)cc6C(C)C)c5)cc4c3cc12. The average Bonchev–Trinajstić information content (AvgIpc) is 4.46. The fraction of sp³-hybridized carbons (Fsp3) is 0.176. The predicted octanol–water partition coefficient (Wildman–Crippen LogP) is 20.8. The van der Waals surface area contributed by atoms with Gasteiger partial charge in [0.25, 0.3) is 0 Å². The summed E-state index contributed by atoms with van der Waals surface area (Å²) < 4.78 is 25.6. The van der Waals surface area contributed by atoms with E-state index >= 15 is 0 Å². The van der Waals surface area contributed by atoms with Crippen molar-refractivity contribution in [1.82, 2.24) is 24.1 Å². The van der Waals surface area contributed by atoms with Gasteiger partial charge in [0.15, 0.2) is 0 Å². The lowest BCUT2D eigenvalue weighted by Gasteiger charge is -2.24. The number of ether oxygens (including phenoxy) is 1. The fourth-order valence-corrected chi connectivity index (χ4v) is 12.3. The number of nitrogens with zero attached hydrogens (tertiary/aromatic N) is 5. The molecule has 0 N–H and O–H groups in total. The highest BCUT2D eigenvalue weighted by Gasteiger charge is 2.29. The number of para-hydroxylation sites is 4. The molecular weight excluding hydrogens is 1010 g/mol. The molecule has 9 aromatic carbocycles. The van der Waals surface area contributed by atoms with E-state index in [1.165, 1.54) is 50.2 Å². The zero-order chi connectivity index (χ0) is 56.1. The molecule has 82 heavy (non-hydrogen) atoms. The third-order valence-electron chi connectivity index (χ3n) is 16.3. The largest absolute Gasteiger partial charge is 0.457 e. The van der Waals surface area contributed by atoms with Crippen LogP contribution < -0.4 is 4.74 Å². The van der Waals surface area contributed by atoms with Gasteiger partial charge in [0.05, 0.1) is 39.0 Å². The molecule has 402 valence electrons. The molecule has 0 aliphatic heterocycles. The number of aromatic nitrogens is 5. The number of benzene rings is 9. The molecule has 14 aromatic rings. The van der Waals surface area contributed by atoms with Crippen molar-refractivity contribution in [2.45, 2.75) is 86.0 Å². The van der Waals surface area contributed by atoms with Crippen LogP contribution in [0.15, 0.2) is 203 Å². The molecule has 0 amide bonds. The molecule has 0 bridgehead atoms. The molecular formula is C74H63N5O3. The highest BCUT2D eigenvalue weighted by molar-refractivity contribution is 6.17. The molecule has 5 heterocycles. The molecule has 0 atom stereocenters. The third kappa shape index (κ3) is 8.55. The second kappa shape index (κ2) is 19.9. The first kappa shape index (κ1) is 50.7. The summed E-state index contributed by atoms with van der Waals surface area (Å²) in [6, 6.07) is 68.8. The zero-order valence-electron chi connectivity index (χ0n) is 47.7. The number of fused-ring (bicyclic) bond motifs is 8. The quantitative estimate of drug-likeness (QED) is 0.121. The van der Waals surface area contributed by atoms with Crippen LogP contribution in [0.3, 0.4) is 0 Å². The summed E-state index contributed by atoms with van der Waals surface area (Å²) in [5.74, 6) is 3.71. The molecule has 0 saturated carbocycles. The molecule has 0 unspecified atom stereocenters. The summed E-state index contributed by atoms with van der Waals surface area (Å²) in [4.78, 5) is 15.8. The van der Waals surface area contributed by atoms with Gasteiger partial charge in [-0.1, -0.05) is 152 Å². The third-order valence-corrected chi connectivity index (χ3v) is 16.3. The molecule has 0 aliphatic rings. The molecule has 0 radical (unpaired) electrons. The van der Waals surface area contributed by atoms with Crippen LogP contribution >= 0.6 is 0 Å². The highest BCUT2D eigenvalue weighted by Crippen LogP contribution is 2.47. The minimum atomic E-state index is 0.178. The lowest BCUT2D eigenvalue weighted by molar-refractivity contribution is 0.483. The topological polar surface area (TPSA) is 84.0 Å². The Hall–Kier alpha value is -9.53. The van der Waals surface area contributed by atoms with E-state index in [2.05, 4.69) is 240 Å². The van der Waals surface area contributed by atoms with Crippen LogP contribution in [-0.2, 0) is 0 Å². The predicted molar refractivity (Wildman–Crippen MR) is 337 cm³/mol. The van der Waals surface area contributed by atoms with Crippen LogP contribution in [-0.4, -0.2) is 24.1 Å². The van der Waals surface area contributed by atoms with E-state index in [0.29, 0.717) is 34.0 Å². The Kier molecular flexibility index (Phi) is 12.3. The summed E-state index contributed by atoms with van der Waals surface area (Å²) in [6.45, 7) is 20.3. The zero-order valence-corrected chi connectivity index (χ0v) is 47.7. The van der Waals surface area contributed by atoms with E-state index in [9.17, 15) is 0 Å². The second-order valence-corrected chi connectivity index (χ2v) is 23.2. The standard InChI is InChI=1S/C74H63N5O3/c1-42(2)55-34-50(47-21-12-10-13-22-47)35-56(43(3)4)69(55)78-65-29-18-16-27-63(65)76-72(78)49-25-20-26-52(33-49)80-53-38-61-60-40-59-54-32-31-46(9)75-74(54)82-68(59)41-67(60)81-71(61)62(39-53)73-77-64-28-17-19-30-66(64)79(73)70-57(44(5)6)36-51(37-58(70)45(7)8)48-23-14-11-15-24-48/h10-45H,1-9H3. The molecule has 14 rings (SSSR count). The minimum absolute atomic E-state index is 0.178. The molecule has 0 saturated heterocycles. The van der Waals surface area contributed by atoms with Gasteiger partial charge in [-0.05, 0) is 166 Å². The van der Waals surface area contributed by atoms with Gasteiger partial charge in [-0.15, -0.1) is 0 Å². The first-order valence-corrected chi connectivity index (χ1v) is 28.8. The van der Waals surface area contributed by atoms with Crippen LogP contribution in [0.2, 0.25) is 0 Å². The maximum absolute atomic E-state index is 7.26.